The molecule has 0 aliphatic carbocycles. The minimum absolute atomic E-state index is 0.0106. The van der Waals surface area contributed by atoms with E-state index < -0.39 is 18.1 Å². The molecule has 0 spiro atoms. The van der Waals surface area contributed by atoms with Gasteiger partial charge in [-0.25, -0.2) is 9.18 Å². The lowest BCUT2D eigenvalue weighted by molar-refractivity contribution is -0.122. The average molecular weight is 408 g/mol. The smallest absolute Gasteiger partial charge is 0.312 e. The van der Waals surface area contributed by atoms with Gasteiger partial charge in [0.2, 0.25) is 5.91 Å². The number of primary amides is 1. The highest BCUT2D eigenvalue weighted by Gasteiger charge is 2.20. The molecule has 25 heavy (non-hydrogen) atoms. The summed E-state index contributed by atoms with van der Waals surface area (Å²) >= 11 is 3.33. The molecule has 0 unspecified atom stereocenters. The molecule has 0 saturated heterocycles. The molecular formula is C18H19BrFN3O2. The normalized spacial score (nSPS) is 12.9. The summed E-state index contributed by atoms with van der Waals surface area (Å²) in [5, 5.41) is 5.30. The average Bonchev–Trinajstić information content (AvgIpc) is 2.54. The van der Waals surface area contributed by atoms with Crippen LogP contribution in [-0.4, -0.2) is 11.9 Å². The first-order valence-corrected chi connectivity index (χ1v) is 8.51. The van der Waals surface area contributed by atoms with Crippen LogP contribution in [0.25, 0.3) is 0 Å². The predicted molar refractivity (Wildman–Crippen MR) is 97.2 cm³/mol. The van der Waals surface area contributed by atoms with Crippen molar-refractivity contribution in [1.29, 1.82) is 0 Å². The van der Waals surface area contributed by atoms with E-state index >= 15 is 0 Å². The number of benzene rings is 2. The Morgan fingerprint density at radius 1 is 1.12 bits per heavy atom. The van der Waals surface area contributed by atoms with Crippen LogP contribution in [0.3, 0.4) is 0 Å². The molecule has 0 aliphatic heterocycles. The zero-order chi connectivity index (χ0) is 18.4. The van der Waals surface area contributed by atoms with E-state index in [4.69, 9.17) is 5.73 Å². The minimum atomic E-state index is -0.720. The zero-order valence-corrected chi connectivity index (χ0v) is 15.2. The van der Waals surface area contributed by atoms with E-state index in [2.05, 4.69) is 26.6 Å². The Hall–Kier alpha value is -2.41. The van der Waals surface area contributed by atoms with Crippen LogP contribution >= 0.6 is 15.9 Å². The molecule has 2 atom stereocenters. The summed E-state index contributed by atoms with van der Waals surface area (Å²) < 4.78 is 14.7. The van der Waals surface area contributed by atoms with Gasteiger partial charge in [0.05, 0.1) is 18.5 Å². The standard InChI is InChI=1S/C18H19BrFN3O2/c1-11(14-4-2-3-5-15(14)20)22-17(24)10-16(23-18(21)25)12-6-8-13(19)9-7-12/h2-9,11,16H,10H2,1H3,(H,22,24)(H3,21,23,25)/t11-,16-/m0/s1. The van der Waals surface area contributed by atoms with Gasteiger partial charge < -0.3 is 16.4 Å². The van der Waals surface area contributed by atoms with Crippen LogP contribution in [0.15, 0.2) is 53.0 Å². The van der Waals surface area contributed by atoms with E-state index in [0.717, 1.165) is 10.0 Å². The summed E-state index contributed by atoms with van der Waals surface area (Å²) in [6.07, 6.45) is -0.0106. The Labute approximate surface area is 153 Å². The van der Waals surface area contributed by atoms with Crippen molar-refractivity contribution in [3.63, 3.8) is 0 Å². The van der Waals surface area contributed by atoms with Crippen LogP contribution in [0.5, 0.6) is 0 Å². The number of nitrogens with two attached hydrogens (primary N) is 1. The maximum absolute atomic E-state index is 13.8. The number of hydrogen-bond acceptors (Lipinski definition) is 2. The van der Waals surface area contributed by atoms with E-state index in [9.17, 15) is 14.0 Å². The molecule has 3 amide bonds. The molecule has 4 N–H and O–H groups in total. The minimum Gasteiger partial charge on any atom is -0.352 e. The lowest BCUT2D eigenvalue weighted by atomic mass is 10.0. The number of urea groups is 1. The molecular weight excluding hydrogens is 389 g/mol. The molecule has 0 saturated carbocycles. The molecule has 0 heterocycles. The highest BCUT2D eigenvalue weighted by Crippen LogP contribution is 2.21. The summed E-state index contributed by atoms with van der Waals surface area (Å²) in [6, 6.07) is 11.7. The van der Waals surface area contributed by atoms with Crippen LogP contribution in [0.2, 0.25) is 0 Å². The summed E-state index contributed by atoms with van der Waals surface area (Å²) in [5.41, 5.74) is 6.36. The zero-order valence-electron chi connectivity index (χ0n) is 13.6. The molecule has 0 aliphatic rings. The third-order valence-corrected chi connectivity index (χ3v) is 4.26. The van der Waals surface area contributed by atoms with Gasteiger partial charge in [0.15, 0.2) is 0 Å². The van der Waals surface area contributed by atoms with E-state index in [-0.39, 0.29) is 18.1 Å². The predicted octanol–water partition coefficient (Wildman–Crippen LogP) is 3.57. The van der Waals surface area contributed by atoms with Gasteiger partial charge in [0, 0.05) is 10.0 Å². The van der Waals surface area contributed by atoms with E-state index in [0.29, 0.717) is 5.56 Å². The summed E-state index contributed by atoms with van der Waals surface area (Å²) in [5.74, 6) is -0.701. The molecule has 0 bridgehead atoms. The molecule has 2 aromatic rings. The van der Waals surface area contributed by atoms with Crippen LogP contribution in [-0.2, 0) is 4.79 Å². The number of rotatable bonds is 6. The van der Waals surface area contributed by atoms with Crippen molar-refractivity contribution < 1.29 is 14.0 Å². The molecule has 132 valence electrons. The van der Waals surface area contributed by atoms with Gasteiger partial charge in [-0.15, -0.1) is 0 Å². The van der Waals surface area contributed by atoms with Gasteiger partial charge >= 0.3 is 6.03 Å². The van der Waals surface area contributed by atoms with Gasteiger partial charge in [-0.1, -0.05) is 46.3 Å². The summed E-state index contributed by atoms with van der Waals surface area (Å²) in [4.78, 5) is 23.6. The van der Waals surface area contributed by atoms with Crippen molar-refractivity contribution in [1.82, 2.24) is 10.6 Å². The van der Waals surface area contributed by atoms with Crippen molar-refractivity contribution >= 4 is 27.9 Å². The van der Waals surface area contributed by atoms with Gasteiger partial charge in [-0.3, -0.25) is 4.79 Å². The third-order valence-electron chi connectivity index (χ3n) is 3.73. The van der Waals surface area contributed by atoms with Crippen LogP contribution in [0, 0.1) is 5.82 Å². The van der Waals surface area contributed by atoms with E-state index in [1.165, 1.54) is 6.07 Å². The first kappa shape index (κ1) is 18.9. The van der Waals surface area contributed by atoms with Crippen molar-refractivity contribution in [2.45, 2.75) is 25.4 Å². The van der Waals surface area contributed by atoms with Gasteiger partial charge in [-0.05, 0) is 30.7 Å². The van der Waals surface area contributed by atoms with E-state index in [1.807, 2.05) is 12.1 Å². The maximum Gasteiger partial charge on any atom is 0.312 e. The Morgan fingerprint density at radius 2 is 1.76 bits per heavy atom. The molecule has 2 rings (SSSR count). The number of halogens is 2. The Kier molecular flexibility index (Phi) is 6.52. The van der Waals surface area contributed by atoms with Gasteiger partial charge in [0.25, 0.3) is 0 Å². The highest BCUT2D eigenvalue weighted by atomic mass is 79.9. The van der Waals surface area contributed by atoms with Crippen molar-refractivity contribution in [3.8, 4) is 0 Å². The van der Waals surface area contributed by atoms with Crippen molar-refractivity contribution in [3.05, 3.63) is 69.9 Å². The number of hydrogen-bond donors (Lipinski definition) is 3. The SMILES string of the molecule is C[C@H](NC(=O)C[C@H](NC(N)=O)c1ccc(Br)cc1)c1ccccc1F. The van der Waals surface area contributed by atoms with Crippen LogP contribution < -0.4 is 16.4 Å². The fraction of sp³-hybridized carbons (Fsp3) is 0.222. The maximum atomic E-state index is 13.8. The molecule has 0 radical (unpaired) electrons. The fourth-order valence-corrected chi connectivity index (χ4v) is 2.77. The molecule has 5 nitrogen and oxygen atoms in total. The number of amides is 3. The Bertz CT molecular complexity index is 752. The Balaban J connectivity index is 2.07. The second-order valence-corrected chi connectivity index (χ2v) is 6.54. The molecule has 0 aromatic heterocycles. The largest absolute Gasteiger partial charge is 0.352 e. The quantitative estimate of drug-likeness (QED) is 0.683. The number of nitrogens with one attached hydrogen (secondary N) is 2. The molecule has 0 fully saturated rings. The van der Waals surface area contributed by atoms with E-state index in [1.54, 1.807) is 37.3 Å². The first-order chi connectivity index (χ1) is 11.9. The second-order valence-electron chi connectivity index (χ2n) is 5.63. The third kappa shape index (κ3) is 5.56. The second kappa shape index (κ2) is 8.62. The number of carbonyl (C=O) groups is 2. The van der Waals surface area contributed by atoms with Gasteiger partial charge in [-0.2, -0.15) is 0 Å². The van der Waals surface area contributed by atoms with Gasteiger partial charge in [0.1, 0.15) is 5.82 Å². The van der Waals surface area contributed by atoms with Crippen molar-refractivity contribution in [2.24, 2.45) is 5.73 Å². The fourth-order valence-electron chi connectivity index (χ4n) is 2.51. The lowest BCUT2D eigenvalue weighted by Crippen LogP contribution is -2.37. The van der Waals surface area contributed by atoms with Crippen LogP contribution in [0.1, 0.15) is 36.6 Å². The van der Waals surface area contributed by atoms with Crippen molar-refractivity contribution in [2.75, 3.05) is 0 Å². The first-order valence-electron chi connectivity index (χ1n) is 7.72. The highest BCUT2D eigenvalue weighted by molar-refractivity contribution is 9.10. The summed E-state index contributed by atoms with van der Waals surface area (Å²) in [7, 11) is 0. The topological polar surface area (TPSA) is 84.2 Å². The van der Waals surface area contributed by atoms with Crippen LogP contribution in [0.4, 0.5) is 9.18 Å². The lowest BCUT2D eigenvalue weighted by Gasteiger charge is -2.20. The summed E-state index contributed by atoms with van der Waals surface area (Å²) in [6.45, 7) is 1.70. The number of carbonyl (C=O) groups excluding carboxylic acids is 2. The monoisotopic (exact) mass is 407 g/mol. The Morgan fingerprint density at radius 3 is 2.36 bits per heavy atom. The molecule has 7 heteroatoms. The molecule has 2 aromatic carbocycles.